The Labute approximate surface area is 120 Å². The maximum atomic E-state index is 12.3. The highest BCUT2D eigenvalue weighted by molar-refractivity contribution is 5.41. The lowest BCUT2D eigenvalue weighted by atomic mass is 9.90. The van der Waals surface area contributed by atoms with Crippen LogP contribution in [0.5, 0.6) is 0 Å². The molecule has 0 fully saturated rings. The fourth-order valence-electron chi connectivity index (χ4n) is 2.71. The molecule has 1 heterocycles. The van der Waals surface area contributed by atoms with Gasteiger partial charge in [-0.2, -0.15) is 5.26 Å². The molecule has 0 bridgehead atoms. The summed E-state index contributed by atoms with van der Waals surface area (Å²) >= 11 is 0. The average molecular weight is 274 g/mol. The van der Waals surface area contributed by atoms with Crippen LogP contribution in [0.1, 0.15) is 49.8 Å². The molecule has 0 atom stereocenters. The quantitative estimate of drug-likeness (QED) is 0.775. The van der Waals surface area contributed by atoms with Crippen molar-refractivity contribution in [2.45, 2.75) is 58.6 Å². The second kappa shape index (κ2) is 6.71. The van der Waals surface area contributed by atoms with E-state index in [4.69, 9.17) is 4.74 Å². The summed E-state index contributed by atoms with van der Waals surface area (Å²) in [6.07, 6.45) is 7.02. The van der Waals surface area contributed by atoms with Gasteiger partial charge in [-0.3, -0.25) is 4.79 Å². The highest BCUT2D eigenvalue weighted by Gasteiger charge is 2.18. The van der Waals surface area contributed by atoms with E-state index in [9.17, 15) is 10.1 Å². The van der Waals surface area contributed by atoms with E-state index >= 15 is 0 Å². The third-order valence-electron chi connectivity index (χ3n) is 3.71. The molecule has 4 heteroatoms. The number of nitriles is 1. The van der Waals surface area contributed by atoms with E-state index in [1.807, 2.05) is 20.0 Å². The molecule has 108 valence electrons. The SMILES string of the molecule is CC(C)OCCCn1cc2c(c(C#N)c1=O)CCCC2. The zero-order valence-electron chi connectivity index (χ0n) is 12.3. The Morgan fingerprint density at radius 1 is 1.40 bits per heavy atom. The number of pyridine rings is 1. The lowest BCUT2D eigenvalue weighted by Gasteiger charge is -2.19. The molecule has 0 spiro atoms. The second-order valence-corrected chi connectivity index (χ2v) is 5.60. The summed E-state index contributed by atoms with van der Waals surface area (Å²) < 4.78 is 7.18. The van der Waals surface area contributed by atoms with Crippen LogP contribution in [0.25, 0.3) is 0 Å². The molecule has 1 aliphatic carbocycles. The van der Waals surface area contributed by atoms with Crippen molar-refractivity contribution in [2.75, 3.05) is 6.61 Å². The Morgan fingerprint density at radius 3 is 2.85 bits per heavy atom. The molecule has 0 amide bonds. The van der Waals surface area contributed by atoms with Gasteiger partial charge < -0.3 is 9.30 Å². The molecular weight excluding hydrogens is 252 g/mol. The normalized spacial score (nSPS) is 14.1. The van der Waals surface area contributed by atoms with Crippen LogP contribution in [0.4, 0.5) is 0 Å². The predicted molar refractivity (Wildman–Crippen MR) is 77.8 cm³/mol. The van der Waals surface area contributed by atoms with Crippen molar-refractivity contribution >= 4 is 0 Å². The molecule has 1 aliphatic rings. The zero-order valence-corrected chi connectivity index (χ0v) is 12.3. The Morgan fingerprint density at radius 2 is 2.15 bits per heavy atom. The third kappa shape index (κ3) is 3.29. The Balaban J connectivity index is 2.17. The van der Waals surface area contributed by atoms with Crippen molar-refractivity contribution in [1.29, 1.82) is 5.26 Å². The minimum absolute atomic E-state index is 0.141. The Kier molecular flexibility index (Phi) is 4.97. The van der Waals surface area contributed by atoms with Crippen molar-refractivity contribution in [3.8, 4) is 6.07 Å². The molecule has 20 heavy (non-hydrogen) atoms. The molecule has 4 nitrogen and oxygen atoms in total. The summed E-state index contributed by atoms with van der Waals surface area (Å²) in [7, 11) is 0. The van der Waals surface area contributed by atoms with Crippen LogP contribution < -0.4 is 5.56 Å². The predicted octanol–water partition coefficient (Wildman–Crippen LogP) is 2.41. The van der Waals surface area contributed by atoms with Gasteiger partial charge in [0, 0.05) is 19.3 Å². The first-order valence-electron chi connectivity index (χ1n) is 7.40. The molecule has 0 saturated heterocycles. The first-order chi connectivity index (χ1) is 9.63. The summed E-state index contributed by atoms with van der Waals surface area (Å²) in [6, 6.07) is 2.11. The van der Waals surface area contributed by atoms with Crippen LogP contribution in [-0.4, -0.2) is 17.3 Å². The second-order valence-electron chi connectivity index (χ2n) is 5.60. The zero-order chi connectivity index (χ0) is 14.5. The van der Waals surface area contributed by atoms with Crippen molar-refractivity contribution in [3.63, 3.8) is 0 Å². The van der Waals surface area contributed by atoms with Gasteiger partial charge in [0.15, 0.2) is 0 Å². The number of ether oxygens (including phenoxy) is 1. The lowest BCUT2D eigenvalue weighted by molar-refractivity contribution is 0.0747. The monoisotopic (exact) mass is 274 g/mol. The molecule has 0 aliphatic heterocycles. The first kappa shape index (κ1) is 14.8. The van der Waals surface area contributed by atoms with Crippen molar-refractivity contribution in [2.24, 2.45) is 0 Å². The number of hydrogen-bond donors (Lipinski definition) is 0. The van der Waals surface area contributed by atoms with Gasteiger partial charge in [-0.05, 0) is 57.1 Å². The molecule has 0 unspecified atom stereocenters. The molecule has 2 rings (SSSR count). The highest BCUT2D eigenvalue weighted by atomic mass is 16.5. The summed E-state index contributed by atoms with van der Waals surface area (Å²) in [5.41, 5.74) is 2.38. The summed E-state index contributed by atoms with van der Waals surface area (Å²) in [5.74, 6) is 0. The Bertz CT molecular complexity index is 567. The maximum Gasteiger partial charge on any atom is 0.268 e. The van der Waals surface area contributed by atoms with E-state index in [-0.39, 0.29) is 11.7 Å². The van der Waals surface area contributed by atoms with Gasteiger partial charge in [-0.1, -0.05) is 0 Å². The molecule has 0 radical (unpaired) electrons. The van der Waals surface area contributed by atoms with E-state index in [0.29, 0.717) is 18.7 Å². The number of rotatable bonds is 5. The third-order valence-corrected chi connectivity index (χ3v) is 3.71. The van der Waals surface area contributed by atoms with E-state index in [1.165, 1.54) is 5.56 Å². The van der Waals surface area contributed by atoms with E-state index in [2.05, 4.69) is 6.07 Å². The van der Waals surface area contributed by atoms with Crippen molar-refractivity contribution < 1.29 is 4.74 Å². The molecular formula is C16H22N2O2. The van der Waals surface area contributed by atoms with Crippen LogP contribution in [0.3, 0.4) is 0 Å². The van der Waals surface area contributed by atoms with Crippen LogP contribution in [0, 0.1) is 11.3 Å². The highest BCUT2D eigenvalue weighted by Crippen LogP contribution is 2.22. The Hall–Kier alpha value is -1.60. The number of aromatic nitrogens is 1. The molecule has 0 N–H and O–H groups in total. The molecule has 0 aromatic carbocycles. The summed E-state index contributed by atoms with van der Waals surface area (Å²) in [4.78, 5) is 12.3. The van der Waals surface area contributed by atoms with E-state index in [1.54, 1.807) is 4.57 Å². The first-order valence-corrected chi connectivity index (χ1v) is 7.40. The largest absolute Gasteiger partial charge is 0.379 e. The molecule has 1 aromatic rings. The van der Waals surface area contributed by atoms with Crippen LogP contribution in [0.15, 0.2) is 11.0 Å². The lowest BCUT2D eigenvalue weighted by Crippen LogP contribution is -2.27. The van der Waals surface area contributed by atoms with Crippen molar-refractivity contribution in [3.05, 3.63) is 33.2 Å². The smallest absolute Gasteiger partial charge is 0.268 e. The summed E-state index contributed by atoms with van der Waals surface area (Å²) in [6.45, 7) is 5.26. The van der Waals surface area contributed by atoms with Crippen LogP contribution in [0.2, 0.25) is 0 Å². The number of fused-ring (bicyclic) bond motifs is 1. The standard InChI is InChI=1S/C16H22N2O2/c1-12(2)20-9-5-8-18-11-13-6-3-4-7-14(13)15(10-17)16(18)19/h11-12H,3-9H2,1-2H3. The van der Waals surface area contributed by atoms with Gasteiger partial charge in [-0.15, -0.1) is 0 Å². The maximum absolute atomic E-state index is 12.3. The van der Waals surface area contributed by atoms with E-state index in [0.717, 1.165) is 37.7 Å². The van der Waals surface area contributed by atoms with Gasteiger partial charge in [-0.25, -0.2) is 0 Å². The molecule has 0 saturated carbocycles. The topological polar surface area (TPSA) is 55.0 Å². The minimum atomic E-state index is -0.141. The van der Waals surface area contributed by atoms with Crippen LogP contribution in [-0.2, 0) is 24.1 Å². The average Bonchev–Trinajstić information content (AvgIpc) is 2.44. The van der Waals surface area contributed by atoms with Gasteiger partial charge in [0.05, 0.1) is 6.10 Å². The van der Waals surface area contributed by atoms with Gasteiger partial charge in [0.25, 0.3) is 5.56 Å². The minimum Gasteiger partial charge on any atom is -0.379 e. The van der Waals surface area contributed by atoms with E-state index < -0.39 is 0 Å². The van der Waals surface area contributed by atoms with Gasteiger partial charge >= 0.3 is 0 Å². The number of aryl methyl sites for hydroxylation is 2. The number of nitrogens with zero attached hydrogens (tertiary/aromatic N) is 2. The fraction of sp³-hybridized carbons (Fsp3) is 0.625. The number of hydrogen-bond acceptors (Lipinski definition) is 3. The van der Waals surface area contributed by atoms with Crippen LogP contribution >= 0.6 is 0 Å². The fourth-order valence-corrected chi connectivity index (χ4v) is 2.71. The van der Waals surface area contributed by atoms with Gasteiger partial charge in [0.2, 0.25) is 0 Å². The van der Waals surface area contributed by atoms with Crippen molar-refractivity contribution in [1.82, 2.24) is 4.57 Å². The summed E-state index contributed by atoms with van der Waals surface area (Å²) in [5, 5.41) is 9.26. The van der Waals surface area contributed by atoms with Gasteiger partial charge in [0.1, 0.15) is 11.6 Å². The molecule has 1 aromatic heterocycles.